The Bertz CT molecular complexity index is 803. The summed E-state index contributed by atoms with van der Waals surface area (Å²) in [6, 6.07) is 0. The SMILES string of the molecule is CC1(C)CCC[C@]2(C)[C@H]3CC/C(=C\OS(=O)(=O)[O-])[C@H](CC[C@H]4CCOC4)[C@@]3(C)CC[C@@H]12.[Na+]. The third-order valence-corrected chi connectivity index (χ3v) is 10.3. The number of allylic oxidation sites excluding steroid dienone is 1. The van der Waals surface area contributed by atoms with Crippen molar-refractivity contribution in [3.05, 3.63) is 11.8 Å². The Hall–Kier alpha value is 0.410. The molecule has 32 heavy (non-hydrogen) atoms. The van der Waals surface area contributed by atoms with E-state index < -0.39 is 10.4 Å². The summed E-state index contributed by atoms with van der Waals surface area (Å²) >= 11 is 0. The molecule has 1 aliphatic heterocycles. The van der Waals surface area contributed by atoms with E-state index in [0.29, 0.717) is 22.7 Å². The molecule has 6 atom stereocenters. The second kappa shape index (κ2) is 9.81. The topological polar surface area (TPSA) is 75.7 Å². The van der Waals surface area contributed by atoms with Gasteiger partial charge in [-0.15, -0.1) is 0 Å². The molecule has 0 bridgehead atoms. The van der Waals surface area contributed by atoms with Crippen molar-refractivity contribution in [3.63, 3.8) is 0 Å². The van der Waals surface area contributed by atoms with Crippen LogP contribution in [0.25, 0.3) is 0 Å². The van der Waals surface area contributed by atoms with E-state index in [1.807, 2.05) is 0 Å². The predicted molar refractivity (Wildman–Crippen MR) is 120 cm³/mol. The molecule has 0 aromatic carbocycles. The maximum absolute atomic E-state index is 11.2. The summed E-state index contributed by atoms with van der Waals surface area (Å²) in [7, 11) is -4.72. The Kier molecular flexibility index (Phi) is 8.28. The molecule has 0 N–H and O–H groups in total. The first kappa shape index (κ1) is 27.0. The molecule has 4 rings (SSSR count). The van der Waals surface area contributed by atoms with E-state index in [1.165, 1.54) is 38.4 Å². The molecule has 0 aromatic rings. The second-order valence-corrected chi connectivity index (χ2v) is 13.1. The second-order valence-electron chi connectivity index (χ2n) is 12.1. The number of rotatable bonds is 5. The Morgan fingerprint density at radius 1 is 1.03 bits per heavy atom. The minimum absolute atomic E-state index is 0. The molecule has 5 nitrogen and oxygen atoms in total. The largest absolute Gasteiger partial charge is 1.00 e. The van der Waals surface area contributed by atoms with E-state index in [9.17, 15) is 13.0 Å². The van der Waals surface area contributed by atoms with Crippen LogP contribution in [0.15, 0.2) is 11.8 Å². The van der Waals surface area contributed by atoms with Gasteiger partial charge in [0.05, 0.1) is 0 Å². The summed E-state index contributed by atoms with van der Waals surface area (Å²) in [5, 5.41) is 0. The van der Waals surface area contributed by atoms with Gasteiger partial charge in [-0.05, 0) is 103 Å². The van der Waals surface area contributed by atoms with Crippen LogP contribution in [0.4, 0.5) is 0 Å². The van der Waals surface area contributed by atoms with Crippen molar-refractivity contribution in [1.29, 1.82) is 0 Å². The molecule has 0 aromatic heterocycles. The number of hydrogen-bond donors (Lipinski definition) is 0. The number of fused-ring (bicyclic) bond motifs is 3. The van der Waals surface area contributed by atoms with Crippen LogP contribution in [-0.2, 0) is 19.3 Å². The summed E-state index contributed by atoms with van der Waals surface area (Å²) in [6.45, 7) is 11.6. The first-order chi connectivity index (χ1) is 14.5. The van der Waals surface area contributed by atoms with Crippen LogP contribution >= 0.6 is 0 Å². The van der Waals surface area contributed by atoms with Crippen molar-refractivity contribution in [2.75, 3.05) is 13.2 Å². The molecule has 4 fully saturated rings. The van der Waals surface area contributed by atoms with E-state index in [2.05, 4.69) is 27.7 Å². The zero-order valence-electron chi connectivity index (χ0n) is 20.8. The van der Waals surface area contributed by atoms with Gasteiger partial charge in [0.25, 0.3) is 10.4 Å². The van der Waals surface area contributed by atoms with Crippen LogP contribution in [0.3, 0.4) is 0 Å². The fraction of sp³-hybridized carbons (Fsp3) is 0.920. The fourth-order valence-electron chi connectivity index (χ4n) is 8.66. The van der Waals surface area contributed by atoms with Crippen LogP contribution < -0.4 is 29.6 Å². The predicted octanol–water partition coefficient (Wildman–Crippen LogP) is 2.83. The maximum Gasteiger partial charge on any atom is 1.00 e. The number of hydrogen-bond acceptors (Lipinski definition) is 5. The van der Waals surface area contributed by atoms with Crippen molar-refractivity contribution in [1.82, 2.24) is 0 Å². The standard InChI is InChI=1S/C25H42O5S.Na/c1-23(2)12-5-13-25(4)21(23)10-14-24(3)20(8-6-18-11-15-29-16-18)19(7-9-22(24)25)17-30-31(26,27)28;/h17-18,20-22H,5-16H2,1-4H3,(H,26,27,28);/q;+1/p-1/b19-17+;/t18-,20-,21-,22-,24+,25-;/m0./s1. The van der Waals surface area contributed by atoms with E-state index >= 15 is 0 Å². The summed E-state index contributed by atoms with van der Waals surface area (Å²) in [5.74, 6) is 2.25. The quantitative estimate of drug-likeness (QED) is 0.264. The van der Waals surface area contributed by atoms with Gasteiger partial charge in [-0.2, -0.15) is 0 Å². The van der Waals surface area contributed by atoms with Gasteiger partial charge in [0.2, 0.25) is 0 Å². The molecule has 0 amide bonds. The average Bonchev–Trinajstić information content (AvgIpc) is 3.17. The van der Waals surface area contributed by atoms with Crippen molar-refractivity contribution >= 4 is 10.4 Å². The maximum atomic E-state index is 11.2. The number of ether oxygens (including phenoxy) is 1. The Morgan fingerprint density at radius 3 is 2.44 bits per heavy atom. The molecular formula is C25H41NaO5S. The van der Waals surface area contributed by atoms with Crippen LogP contribution in [0.2, 0.25) is 0 Å². The Morgan fingerprint density at radius 2 is 1.78 bits per heavy atom. The van der Waals surface area contributed by atoms with E-state index in [1.54, 1.807) is 0 Å². The smallest absolute Gasteiger partial charge is 0.716 e. The Labute approximate surface area is 217 Å². The summed E-state index contributed by atoms with van der Waals surface area (Å²) < 4.78 is 43.8. The van der Waals surface area contributed by atoms with Crippen LogP contribution in [0.1, 0.15) is 91.9 Å². The summed E-state index contributed by atoms with van der Waals surface area (Å²) in [5.41, 5.74) is 1.88. The van der Waals surface area contributed by atoms with Crippen LogP contribution in [-0.4, -0.2) is 26.2 Å². The minimum atomic E-state index is -4.72. The third-order valence-electron chi connectivity index (χ3n) is 10.0. The normalized spacial score (nSPS) is 42.6. The molecule has 178 valence electrons. The molecule has 0 radical (unpaired) electrons. The zero-order chi connectivity index (χ0) is 22.5. The van der Waals surface area contributed by atoms with Gasteiger partial charge >= 0.3 is 29.6 Å². The van der Waals surface area contributed by atoms with E-state index in [-0.39, 0.29) is 40.9 Å². The van der Waals surface area contributed by atoms with Gasteiger partial charge in [0.1, 0.15) is 6.26 Å². The van der Waals surface area contributed by atoms with Gasteiger partial charge < -0.3 is 13.5 Å². The molecule has 3 saturated carbocycles. The molecular weight excluding hydrogens is 435 g/mol. The molecule has 1 saturated heterocycles. The molecule has 0 unspecified atom stereocenters. The van der Waals surface area contributed by atoms with Crippen LogP contribution in [0, 0.1) is 39.9 Å². The van der Waals surface area contributed by atoms with E-state index in [4.69, 9.17) is 8.92 Å². The molecule has 0 spiro atoms. The van der Waals surface area contributed by atoms with Gasteiger partial charge in [-0.25, -0.2) is 8.42 Å². The first-order valence-corrected chi connectivity index (χ1v) is 13.7. The van der Waals surface area contributed by atoms with Crippen molar-refractivity contribution in [2.45, 2.75) is 91.9 Å². The molecule has 7 heteroatoms. The minimum Gasteiger partial charge on any atom is -0.716 e. The van der Waals surface area contributed by atoms with Gasteiger partial charge in [0.15, 0.2) is 0 Å². The molecule has 3 aliphatic carbocycles. The van der Waals surface area contributed by atoms with Crippen molar-refractivity contribution < 1.29 is 51.4 Å². The average molecular weight is 477 g/mol. The Balaban J connectivity index is 0.00000289. The summed E-state index contributed by atoms with van der Waals surface area (Å²) in [6.07, 6.45) is 12.8. The first-order valence-electron chi connectivity index (χ1n) is 12.4. The fourth-order valence-corrected chi connectivity index (χ4v) is 8.90. The summed E-state index contributed by atoms with van der Waals surface area (Å²) in [4.78, 5) is 0. The molecule has 1 heterocycles. The molecule has 4 aliphatic rings. The zero-order valence-corrected chi connectivity index (χ0v) is 23.6. The van der Waals surface area contributed by atoms with Gasteiger partial charge in [-0.3, -0.25) is 0 Å². The van der Waals surface area contributed by atoms with Crippen molar-refractivity contribution in [2.24, 2.45) is 39.9 Å². The van der Waals surface area contributed by atoms with Crippen LogP contribution in [0.5, 0.6) is 0 Å². The third kappa shape index (κ3) is 5.16. The van der Waals surface area contributed by atoms with E-state index in [0.717, 1.165) is 56.8 Å². The monoisotopic (exact) mass is 476 g/mol. The van der Waals surface area contributed by atoms with Gasteiger partial charge in [-0.1, -0.05) is 34.1 Å². The van der Waals surface area contributed by atoms with Crippen molar-refractivity contribution in [3.8, 4) is 0 Å². The van der Waals surface area contributed by atoms with Gasteiger partial charge in [0, 0.05) is 13.2 Å².